The fourth-order valence-electron chi connectivity index (χ4n) is 3.26. The first-order valence-corrected chi connectivity index (χ1v) is 9.54. The Kier molecular flexibility index (Phi) is 5.53. The Balaban J connectivity index is 1.59. The van der Waals surface area contributed by atoms with Crippen molar-refractivity contribution in [3.8, 4) is 5.75 Å². The second kappa shape index (κ2) is 8.42. The van der Waals surface area contributed by atoms with Crippen LogP contribution < -0.4 is 25.6 Å². The highest BCUT2D eigenvalue weighted by molar-refractivity contribution is 5.75. The summed E-state index contributed by atoms with van der Waals surface area (Å²) in [4.78, 5) is 10.8. The first kappa shape index (κ1) is 19.7. The number of methoxy groups -OCH3 is 1. The van der Waals surface area contributed by atoms with E-state index in [4.69, 9.17) is 4.74 Å². The summed E-state index contributed by atoms with van der Waals surface area (Å²) in [5, 5.41) is 19.3. The van der Waals surface area contributed by atoms with Gasteiger partial charge in [0.2, 0.25) is 5.95 Å². The second-order valence-corrected chi connectivity index (χ2v) is 6.89. The van der Waals surface area contributed by atoms with Gasteiger partial charge in [-0.05, 0) is 43.3 Å². The van der Waals surface area contributed by atoms with E-state index in [0.29, 0.717) is 23.1 Å². The van der Waals surface area contributed by atoms with Gasteiger partial charge in [-0.1, -0.05) is 12.1 Å². The number of hydrogen-bond donors (Lipinski definition) is 4. The smallest absolute Gasteiger partial charge is 0.229 e. The molecule has 0 bridgehead atoms. The van der Waals surface area contributed by atoms with Gasteiger partial charge in [0.15, 0.2) is 12.1 Å². The molecule has 4 N–H and O–H groups in total. The van der Waals surface area contributed by atoms with Crippen LogP contribution in [-0.2, 0) is 0 Å². The monoisotopic (exact) mass is 410 g/mol. The average molecular weight is 410 g/mol. The summed E-state index contributed by atoms with van der Waals surface area (Å²) in [6.07, 6.45) is 1.17. The number of fused-ring (bicyclic) bond motifs is 1. The van der Waals surface area contributed by atoms with Crippen molar-refractivity contribution in [2.45, 2.75) is 19.3 Å². The van der Waals surface area contributed by atoms with Crippen molar-refractivity contribution in [3.63, 3.8) is 0 Å². The van der Waals surface area contributed by atoms with Crippen molar-refractivity contribution >= 4 is 28.8 Å². The number of halogens is 1. The molecule has 9 heteroatoms. The Hall–Kier alpha value is -3.59. The first-order chi connectivity index (χ1) is 14.6. The van der Waals surface area contributed by atoms with Crippen LogP contribution in [-0.4, -0.2) is 41.1 Å². The van der Waals surface area contributed by atoms with Gasteiger partial charge in [-0.25, -0.2) is 9.37 Å². The summed E-state index contributed by atoms with van der Waals surface area (Å²) in [6.45, 7) is 1.77. The van der Waals surface area contributed by atoms with E-state index in [1.165, 1.54) is 6.07 Å². The van der Waals surface area contributed by atoms with Gasteiger partial charge in [-0.2, -0.15) is 4.98 Å². The topological polar surface area (TPSA) is 94.6 Å². The number of hydrogen-bond acceptors (Lipinski definition) is 8. The minimum absolute atomic E-state index is 0.0954. The van der Waals surface area contributed by atoms with E-state index < -0.39 is 6.29 Å². The molecule has 30 heavy (non-hydrogen) atoms. The van der Waals surface area contributed by atoms with E-state index in [0.717, 1.165) is 11.4 Å². The molecule has 3 aromatic rings. The predicted octanol–water partition coefficient (Wildman–Crippen LogP) is 3.38. The lowest BCUT2D eigenvalue weighted by Crippen LogP contribution is -2.48. The summed E-state index contributed by atoms with van der Waals surface area (Å²) < 4.78 is 19.3. The highest BCUT2D eigenvalue weighted by Gasteiger charge is 2.34. The molecule has 2 heterocycles. The number of aromatic nitrogens is 2. The zero-order valence-electron chi connectivity index (χ0n) is 16.6. The molecule has 0 spiro atoms. The van der Waals surface area contributed by atoms with Crippen LogP contribution in [0.25, 0.3) is 0 Å². The highest BCUT2D eigenvalue weighted by Crippen LogP contribution is 2.35. The van der Waals surface area contributed by atoms with Gasteiger partial charge in [-0.15, -0.1) is 0 Å². The Morgan fingerprint density at radius 3 is 2.70 bits per heavy atom. The van der Waals surface area contributed by atoms with Crippen LogP contribution in [0.15, 0.2) is 54.7 Å². The van der Waals surface area contributed by atoms with Crippen molar-refractivity contribution in [1.29, 1.82) is 0 Å². The van der Waals surface area contributed by atoms with Crippen molar-refractivity contribution in [1.82, 2.24) is 9.97 Å². The fraction of sp³-hybridized carbons (Fsp3) is 0.238. The van der Waals surface area contributed by atoms with Gasteiger partial charge in [-0.3, -0.25) is 0 Å². The maximum Gasteiger partial charge on any atom is 0.229 e. The Morgan fingerprint density at radius 1 is 1.23 bits per heavy atom. The molecule has 1 aromatic heterocycles. The van der Waals surface area contributed by atoms with E-state index in [9.17, 15) is 9.50 Å². The summed E-state index contributed by atoms with van der Waals surface area (Å²) in [5.74, 6) is 1.41. The molecule has 0 amide bonds. The number of anilines is 5. The third-order valence-corrected chi connectivity index (χ3v) is 4.83. The van der Waals surface area contributed by atoms with E-state index in [1.807, 2.05) is 36.1 Å². The van der Waals surface area contributed by atoms with Crippen molar-refractivity contribution < 1.29 is 14.2 Å². The number of aliphatic hydroxyl groups excluding tert-OH is 1. The van der Waals surface area contributed by atoms with Gasteiger partial charge >= 0.3 is 0 Å². The number of nitrogens with one attached hydrogen (secondary N) is 3. The maximum atomic E-state index is 14.1. The van der Waals surface area contributed by atoms with Crippen LogP contribution in [0.1, 0.15) is 6.92 Å². The molecule has 0 radical (unpaired) electrons. The molecule has 0 saturated carbocycles. The molecule has 8 nitrogen and oxygen atoms in total. The third-order valence-electron chi connectivity index (χ3n) is 4.83. The van der Waals surface area contributed by atoms with Gasteiger partial charge < -0.3 is 30.7 Å². The van der Waals surface area contributed by atoms with Crippen molar-refractivity contribution in [3.05, 3.63) is 60.5 Å². The lowest BCUT2D eigenvalue weighted by atomic mass is 10.3. The molecule has 1 aliphatic heterocycles. The van der Waals surface area contributed by atoms with Crippen LogP contribution in [0.5, 0.6) is 5.75 Å². The Labute approximate surface area is 173 Å². The largest absolute Gasteiger partial charge is 0.497 e. The van der Waals surface area contributed by atoms with Crippen LogP contribution in [0, 0.1) is 5.82 Å². The predicted molar refractivity (Wildman–Crippen MR) is 115 cm³/mol. The maximum absolute atomic E-state index is 14.1. The fourth-order valence-corrected chi connectivity index (χ4v) is 3.26. The SMILES string of the molecule is COc1ccc(Nc2ncc3c(n2)N(C(C)CO)C(Nc2ccccc2F)N3)cc1. The molecule has 2 unspecified atom stereocenters. The summed E-state index contributed by atoms with van der Waals surface area (Å²) in [6, 6.07) is 13.6. The molecule has 1 aliphatic rings. The molecule has 2 atom stereocenters. The van der Waals surface area contributed by atoms with E-state index in [-0.39, 0.29) is 18.5 Å². The van der Waals surface area contributed by atoms with Crippen LogP contribution >= 0.6 is 0 Å². The first-order valence-electron chi connectivity index (χ1n) is 9.54. The van der Waals surface area contributed by atoms with Gasteiger partial charge in [0.25, 0.3) is 0 Å². The molecule has 0 saturated heterocycles. The zero-order valence-corrected chi connectivity index (χ0v) is 16.6. The summed E-state index contributed by atoms with van der Waals surface area (Å²) in [7, 11) is 1.61. The van der Waals surface area contributed by atoms with Gasteiger partial charge in [0.05, 0.1) is 37.3 Å². The standard InChI is InChI=1S/C21H23FN6O2/c1-13(12-29)28-19-18(26-21(28)25-17-6-4-3-5-16(17)22)11-23-20(27-19)24-14-7-9-15(30-2)10-8-14/h3-11,13,21,25-26,29H,12H2,1-2H3,(H,23,24,27). The number of benzene rings is 2. The minimum Gasteiger partial charge on any atom is -0.497 e. The molecular formula is C21H23FN6O2. The van der Waals surface area contributed by atoms with Crippen molar-refractivity contribution in [2.75, 3.05) is 34.6 Å². The number of rotatable bonds is 7. The van der Waals surface area contributed by atoms with E-state index in [1.54, 1.807) is 31.5 Å². The number of nitrogens with zero attached hydrogens (tertiary/aromatic N) is 3. The van der Waals surface area contributed by atoms with Crippen LogP contribution in [0.2, 0.25) is 0 Å². The van der Waals surface area contributed by atoms with Gasteiger partial charge in [0, 0.05) is 5.69 Å². The molecule has 0 fully saturated rings. The average Bonchev–Trinajstić information content (AvgIpc) is 3.12. The van der Waals surface area contributed by atoms with E-state index in [2.05, 4.69) is 25.9 Å². The lowest BCUT2D eigenvalue weighted by Gasteiger charge is -2.31. The number of ether oxygens (including phenoxy) is 1. The van der Waals surface area contributed by atoms with Crippen LogP contribution in [0.4, 0.5) is 33.2 Å². The number of para-hydroxylation sites is 1. The molecule has 0 aliphatic carbocycles. The van der Waals surface area contributed by atoms with Crippen LogP contribution in [0.3, 0.4) is 0 Å². The molecular weight excluding hydrogens is 387 g/mol. The van der Waals surface area contributed by atoms with E-state index >= 15 is 0 Å². The Morgan fingerprint density at radius 2 is 2.00 bits per heavy atom. The normalized spacial score (nSPS) is 15.9. The second-order valence-electron chi connectivity index (χ2n) is 6.89. The minimum atomic E-state index is -0.496. The number of aliphatic hydroxyl groups is 1. The van der Waals surface area contributed by atoms with Crippen molar-refractivity contribution in [2.24, 2.45) is 0 Å². The quantitative estimate of drug-likeness (QED) is 0.471. The molecule has 156 valence electrons. The highest BCUT2D eigenvalue weighted by atomic mass is 19.1. The summed E-state index contributed by atoms with van der Waals surface area (Å²) >= 11 is 0. The zero-order chi connectivity index (χ0) is 21.1. The van der Waals surface area contributed by atoms with Gasteiger partial charge in [0.1, 0.15) is 11.6 Å². The third kappa shape index (κ3) is 3.92. The molecule has 4 rings (SSSR count). The summed E-state index contributed by atoms with van der Waals surface area (Å²) in [5.41, 5.74) is 1.84. The Bertz CT molecular complexity index is 1020. The lowest BCUT2D eigenvalue weighted by molar-refractivity contribution is 0.264. The molecule has 2 aromatic carbocycles.